The van der Waals surface area contributed by atoms with Crippen LogP contribution < -0.4 is 15.4 Å². The van der Waals surface area contributed by atoms with Crippen LogP contribution in [0.25, 0.3) is 0 Å². The highest BCUT2D eigenvalue weighted by atomic mass is 16.5. The quantitative estimate of drug-likeness (QED) is 0.633. The Morgan fingerprint density at radius 3 is 2.46 bits per heavy atom. The molecule has 28 heavy (non-hydrogen) atoms. The van der Waals surface area contributed by atoms with E-state index in [1.165, 1.54) is 39.2 Å². The molecule has 3 aromatic rings. The van der Waals surface area contributed by atoms with Gasteiger partial charge in [0.15, 0.2) is 0 Å². The van der Waals surface area contributed by atoms with Gasteiger partial charge in [-0.2, -0.15) is 0 Å². The van der Waals surface area contributed by atoms with E-state index < -0.39 is 0 Å². The van der Waals surface area contributed by atoms with Gasteiger partial charge < -0.3 is 15.4 Å². The molecule has 2 N–H and O–H groups in total. The van der Waals surface area contributed by atoms with E-state index >= 15 is 0 Å². The number of anilines is 2. The topological polar surface area (TPSA) is 33.3 Å². The standard InChI is InChI=1S/C25H24N2O/c1-2-4-21-18(3-1)13-24(26-21)19-7-5-16-9-10-22(27-23(16)14-19)20-8-6-17-11-12-28-25(17)15-20/h1-8,14-15,22,24,26-27H,9-13H2. The highest BCUT2D eigenvalue weighted by molar-refractivity contribution is 5.62. The molecule has 3 aliphatic heterocycles. The molecule has 3 heterocycles. The largest absolute Gasteiger partial charge is 0.493 e. The third kappa shape index (κ3) is 2.65. The number of benzene rings is 3. The Bertz CT molecular complexity index is 1030. The first kappa shape index (κ1) is 16.1. The molecule has 0 radical (unpaired) electrons. The number of nitrogens with one attached hydrogen (secondary N) is 2. The van der Waals surface area contributed by atoms with Gasteiger partial charge in [0.1, 0.15) is 5.75 Å². The van der Waals surface area contributed by atoms with Crippen molar-refractivity contribution in [2.24, 2.45) is 0 Å². The fourth-order valence-electron chi connectivity index (χ4n) is 4.87. The number of para-hydroxylation sites is 1. The van der Waals surface area contributed by atoms with Gasteiger partial charge in [-0.3, -0.25) is 0 Å². The van der Waals surface area contributed by atoms with Gasteiger partial charge >= 0.3 is 0 Å². The smallest absolute Gasteiger partial charge is 0.122 e. The summed E-state index contributed by atoms with van der Waals surface area (Å²) in [6.45, 7) is 0.819. The second-order valence-corrected chi connectivity index (χ2v) is 8.18. The number of aryl methyl sites for hydroxylation is 1. The molecular weight excluding hydrogens is 344 g/mol. The van der Waals surface area contributed by atoms with E-state index in [0.29, 0.717) is 12.1 Å². The van der Waals surface area contributed by atoms with Crippen molar-refractivity contribution in [2.45, 2.75) is 37.8 Å². The summed E-state index contributed by atoms with van der Waals surface area (Å²) in [6.07, 6.45) is 4.33. The van der Waals surface area contributed by atoms with E-state index in [1.54, 1.807) is 0 Å². The van der Waals surface area contributed by atoms with E-state index in [0.717, 1.165) is 38.0 Å². The first-order chi connectivity index (χ1) is 13.8. The average molecular weight is 368 g/mol. The molecule has 3 nitrogen and oxygen atoms in total. The van der Waals surface area contributed by atoms with E-state index in [4.69, 9.17) is 4.74 Å². The summed E-state index contributed by atoms with van der Waals surface area (Å²) in [5.41, 5.74) is 9.43. The van der Waals surface area contributed by atoms with Crippen LogP contribution in [-0.2, 0) is 19.3 Å². The average Bonchev–Trinajstić information content (AvgIpc) is 3.39. The van der Waals surface area contributed by atoms with Crippen LogP contribution in [0.4, 0.5) is 11.4 Å². The van der Waals surface area contributed by atoms with Crippen molar-refractivity contribution in [1.29, 1.82) is 0 Å². The molecule has 3 aromatic carbocycles. The lowest BCUT2D eigenvalue weighted by Gasteiger charge is -2.29. The minimum atomic E-state index is 0.353. The van der Waals surface area contributed by atoms with Crippen molar-refractivity contribution < 1.29 is 4.74 Å². The Morgan fingerprint density at radius 1 is 0.714 bits per heavy atom. The monoisotopic (exact) mass is 368 g/mol. The molecule has 2 atom stereocenters. The molecule has 0 aromatic heterocycles. The van der Waals surface area contributed by atoms with Gasteiger partial charge in [-0.25, -0.2) is 0 Å². The van der Waals surface area contributed by atoms with Gasteiger partial charge in [0.05, 0.1) is 18.7 Å². The Morgan fingerprint density at radius 2 is 1.54 bits per heavy atom. The molecule has 3 aliphatic rings. The zero-order valence-corrected chi connectivity index (χ0v) is 15.9. The van der Waals surface area contributed by atoms with Gasteiger partial charge in [0.25, 0.3) is 0 Å². The van der Waals surface area contributed by atoms with Crippen LogP contribution in [0.1, 0.15) is 46.3 Å². The maximum atomic E-state index is 5.78. The maximum absolute atomic E-state index is 5.78. The van der Waals surface area contributed by atoms with Gasteiger partial charge in [-0.05, 0) is 65.3 Å². The highest BCUT2D eigenvalue weighted by Crippen LogP contribution is 2.39. The van der Waals surface area contributed by atoms with Crippen molar-refractivity contribution in [3.05, 3.63) is 88.5 Å². The summed E-state index contributed by atoms with van der Waals surface area (Å²) < 4.78 is 5.78. The predicted octanol–water partition coefficient (Wildman–Crippen LogP) is 5.43. The van der Waals surface area contributed by atoms with Crippen molar-refractivity contribution >= 4 is 11.4 Å². The molecule has 2 unspecified atom stereocenters. The second kappa shape index (κ2) is 6.30. The molecule has 0 amide bonds. The molecule has 0 saturated carbocycles. The molecular formula is C25H24N2O. The molecule has 3 heteroatoms. The Hall–Kier alpha value is -2.94. The number of fused-ring (bicyclic) bond motifs is 3. The third-order valence-corrected chi connectivity index (χ3v) is 6.46. The SMILES string of the molecule is c1ccc2c(c1)CC(c1ccc3c(c1)NC(c1ccc4c(c1)OCC4)CC3)N2. The zero-order valence-electron chi connectivity index (χ0n) is 15.9. The molecule has 0 aliphatic carbocycles. The van der Waals surface area contributed by atoms with Crippen LogP contribution in [0.5, 0.6) is 5.75 Å². The molecule has 0 saturated heterocycles. The molecule has 0 fully saturated rings. The fraction of sp³-hybridized carbons (Fsp3) is 0.280. The Kier molecular flexibility index (Phi) is 3.61. The summed E-state index contributed by atoms with van der Waals surface area (Å²) in [6, 6.07) is 23.1. The third-order valence-electron chi connectivity index (χ3n) is 6.46. The fourth-order valence-corrected chi connectivity index (χ4v) is 4.87. The van der Waals surface area contributed by atoms with Crippen LogP contribution in [0.15, 0.2) is 60.7 Å². The van der Waals surface area contributed by atoms with E-state index in [2.05, 4.69) is 71.3 Å². The number of ether oxygens (including phenoxy) is 1. The minimum Gasteiger partial charge on any atom is -0.493 e. The maximum Gasteiger partial charge on any atom is 0.122 e. The van der Waals surface area contributed by atoms with Crippen molar-refractivity contribution in [2.75, 3.05) is 17.2 Å². The number of rotatable bonds is 2. The van der Waals surface area contributed by atoms with Gasteiger partial charge in [0.2, 0.25) is 0 Å². The lowest BCUT2D eigenvalue weighted by molar-refractivity contribution is 0.356. The summed E-state index contributed by atoms with van der Waals surface area (Å²) in [5, 5.41) is 7.49. The lowest BCUT2D eigenvalue weighted by atomic mass is 9.91. The van der Waals surface area contributed by atoms with Crippen LogP contribution >= 0.6 is 0 Å². The summed E-state index contributed by atoms with van der Waals surface area (Å²) in [4.78, 5) is 0. The minimum absolute atomic E-state index is 0.353. The Labute approximate surface area is 165 Å². The van der Waals surface area contributed by atoms with Gasteiger partial charge in [-0.15, -0.1) is 0 Å². The molecule has 0 bridgehead atoms. The molecule has 0 spiro atoms. The van der Waals surface area contributed by atoms with E-state index in [9.17, 15) is 0 Å². The van der Waals surface area contributed by atoms with Gasteiger partial charge in [0, 0.05) is 17.8 Å². The van der Waals surface area contributed by atoms with Crippen LogP contribution in [0.2, 0.25) is 0 Å². The lowest BCUT2D eigenvalue weighted by Crippen LogP contribution is -2.19. The highest BCUT2D eigenvalue weighted by Gasteiger charge is 2.25. The summed E-state index contributed by atoms with van der Waals surface area (Å²) in [5.74, 6) is 1.08. The van der Waals surface area contributed by atoms with Crippen molar-refractivity contribution in [3.63, 3.8) is 0 Å². The van der Waals surface area contributed by atoms with E-state index in [1.807, 2.05) is 0 Å². The summed E-state index contributed by atoms with van der Waals surface area (Å²) >= 11 is 0. The molecule has 6 rings (SSSR count). The van der Waals surface area contributed by atoms with Crippen LogP contribution in [0.3, 0.4) is 0 Å². The molecule has 140 valence electrons. The normalized spacial score (nSPS) is 21.7. The first-order valence-corrected chi connectivity index (χ1v) is 10.3. The zero-order chi connectivity index (χ0) is 18.5. The summed E-state index contributed by atoms with van der Waals surface area (Å²) in [7, 11) is 0. The number of hydrogen-bond donors (Lipinski definition) is 2. The van der Waals surface area contributed by atoms with Crippen molar-refractivity contribution in [1.82, 2.24) is 0 Å². The number of hydrogen-bond acceptors (Lipinski definition) is 3. The van der Waals surface area contributed by atoms with Crippen LogP contribution in [0, 0.1) is 0 Å². The van der Waals surface area contributed by atoms with E-state index in [-0.39, 0.29) is 0 Å². The Balaban J connectivity index is 1.26. The van der Waals surface area contributed by atoms with Gasteiger partial charge in [-0.1, -0.05) is 42.5 Å². The first-order valence-electron chi connectivity index (χ1n) is 10.3. The van der Waals surface area contributed by atoms with Crippen molar-refractivity contribution in [3.8, 4) is 5.75 Å². The second-order valence-electron chi connectivity index (χ2n) is 8.18. The van der Waals surface area contributed by atoms with Crippen LogP contribution in [-0.4, -0.2) is 6.61 Å². The predicted molar refractivity (Wildman–Crippen MR) is 113 cm³/mol.